The molecule has 0 aliphatic carbocycles. The summed E-state index contributed by atoms with van der Waals surface area (Å²) in [7, 11) is -18.6. The molecule has 4 aromatic rings. The average molecular weight is 949 g/mol. The summed E-state index contributed by atoms with van der Waals surface area (Å²) in [6.45, 7) is 2.96. The van der Waals surface area contributed by atoms with Gasteiger partial charge in [0.1, 0.15) is 9.79 Å². The van der Waals surface area contributed by atoms with E-state index in [9.17, 15) is 53.0 Å². The van der Waals surface area contributed by atoms with E-state index in [1.54, 1.807) is 13.8 Å². The molecule has 62 heavy (non-hydrogen) atoms. The van der Waals surface area contributed by atoms with Gasteiger partial charge in [-0.2, -0.15) is 63.6 Å². The number of nitrogens with zero attached hydrogens (tertiary/aromatic N) is 6. The zero-order valence-electron chi connectivity index (χ0n) is 32.7. The van der Waals surface area contributed by atoms with Gasteiger partial charge in [0.2, 0.25) is 35.7 Å². The lowest BCUT2D eigenvalue weighted by molar-refractivity contribution is 0.244. The van der Waals surface area contributed by atoms with E-state index in [2.05, 4.69) is 61.8 Å². The Balaban J connectivity index is 1.64. The van der Waals surface area contributed by atoms with E-state index in [1.165, 1.54) is 24.3 Å². The van der Waals surface area contributed by atoms with Crippen LogP contribution in [0.4, 0.5) is 47.1 Å². The number of aliphatic hydroxyl groups is 2. The van der Waals surface area contributed by atoms with Crippen LogP contribution in [0.3, 0.4) is 0 Å². The Morgan fingerprint density at radius 3 is 1.15 bits per heavy atom. The van der Waals surface area contributed by atoms with Gasteiger partial charge in [-0.3, -0.25) is 18.2 Å². The minimum atomic E-state index is -4.96. The van der Waals surface area contributed by atoms with E-state index in [0.717, 1.165) is 24.3 Å². The Bertz CT molecular complexity index is 2510. The molecule has 2 aromatic heterocycles. The van der Waals surface area contributed by atoms with E-state index >= 15 is 0 Å². The van der Waals surface area contributed by atoms with Crippen molar-refractivity contribution in [1.29, 1.82) is 0 Å². The van der Waals surface area contributed by atoms with Crippen molar-refractivity contribution in [2.45, 2.75) is 23.6 Å². The van der Waals surface area contributed by atoms with E-state index in [-0.39, 0.29) is 109 Å². The quantitative estimate of drug-likeness (QED) is 0.0343. The second-order valence-electron chi connectivity index (χ2n) is 13.4. The van der Waals surface area contributed by atoms with Gasteiger partial charge in [-0.15, -0.1) is 0 Å². The minimum Gasteiger partial charge on any atom is -0.396 e. The third-order valence-electron chi connectivity index (χ3n) is 7.94. The van der Waals surface area contributed by atoms with Crippen molar-refractivity contribution in [1.82, 2.24) is 29.9 Å². The first-order valence-corrected chi connectivity index (χ1v) is 24.1. The van der Waals surface area contributed by atoms with Crippen molar-refractivity contribution in [3.63, 3.8) is 0 Å². The van der Waals surface area contributed by atoms with Crippen LogP contribution in [-0.4, -0.2) is 143 Å². The highest BCUT2D eigenvalue weighted by Crippen LogP contribution is 2.28. The van der Waals surface area contributed by atoms with Gasteiger partial charge in [-0.1, -0.05) is 38.1 Å². The second-order valence-corrected chi connectivity index (χ2v) is 19.3. The average Bonchev–Trinajstić information content (AvgIpc) is 3.17. The maximum Gasteiger partial charge on any atom is 0.295 e. The molecule has 2 unspecified atom stereocenters. The lowest BCUT2D eigenvalue weighted by Gasteiger charge is -2.14. The van der Waals surface area contributed by atoms with Crippen molar-refractivity contribution in [2.24, 2.45) is 11.8 Å². The summed E-state index contributed by atoms with van der Waals surface area (Å²) in [6.07, 6.45) is 2.30. The Labute approximate surface area is 356 Å². The number of benzene rings is 2. The van der Waals surface area contributed by atoms with Crippen molar-refractivity contribution in [3.05, 3.63) is 47.5 Å². The molecule has 0 radical (unpaired) electrons. The topological polar surface area (TPSA) is 407 Å². The molecule has 2 atom stereocenters. The van der Waals surface area contributed by atoms with Crippen LogP contribution in [0.2, 0.25) is 0 Å². The summed E-state index contributed by atoms with van der Waals surface area (Å²) < 4.78 is 133. The monoisotopic (exact) mass is 948 g/mol. The summed E-state index contributed by atoms with van der Waals surface area (Å²) in [5.41, 5.74) is -0.241. The maximum atomic E-state index is 12.6. The molecule has 30 heteroatoms. The number of rotatable bonds is 24. The first-order valence-electron chi connectivity index (χ1n) is 18.0. The molecule has 0 fully saturated rings. The highest BCUT2D eigenvalue weighted by atomic mass is 32.2. The SMILES string of the molecule is CC(CO)CNc1nc(NCCS(=O)(=O)O)nc(Nc2ccc(C=Cc3ccc(Nc4nc(NCCS(=O)(=O)O)nc(NCC(C)CO)n4)cc3S(=O)(=O)O)c(S(=O)(=O)O)c2)n1. The molecule has 0 aliphatic rings. The van der Waals surface area contributed by atoms with Gasteiger partial charge in [0.15, 0.2) is 0 Å². The molecular formula is C32H44N12O14S4. The summed E-state index contributed by atoms with van der Waals surface area (Å²) in [6, 6.07) is 7.22. The van der Waals surface area contributed by atoms with E-state index < -0.39 is 61.8 Å². The van der Waals surface area contributed by atoms with Gasteiger partial charge in [-0.05, 0) is 47.2 Å². The minimum absolute atomic E-state index is 0.0185. The van der Waals surface area contributed by atoms with E-state index in [4.69, 9.17) is 9.11 Å². The Hall–Kier alpha value is -5.44. The molecule has 0 bridgehead atoms. The molecule has 12 N–H and O–H groups in total. The van der Waals surface area contributed by atoms with Gasteiger partial charge < -0.3 is 42.1 Å². The van der Waals surface area contributed by atoms with Gasteiger partial charge in [0.25, 0.3) is 40.5 Å². The fourth-order valence-electron chi connectivity index (χ4n) is 4.81. The molecule has 0 saturated carbocycles. The predicted octanol–water partition coefficient (Wildman–Crippen LogP) is 0.888. The number of aliphatic hydroxyl groups excluding tert-OH is 2. The van der Waals surface area contributed by atoms with Crippen LogP contribution >= 0.6 is 0 Å². The highest BCUT2D eigenvalue weighted by Gasteiger charge is 2.20. The lowest BCUT2D eigenvalue weighted by atomic mass is 10.1. The number of anilines is 8. The van der Waals surface area contributed by atoms with E-state index in [0.29, 0.717) is 0 Å². The number of hydrogen-bond donors (Lipinski definition) is 12. The molecule has 4 rings (SSSR count). The van der Waals surface area contributed by atoms with Crippen molar-refractivity contribution in [2.75, 3.05) is 82.8 Å². The third-order valence-corrected chi connectivity index (χ3v) is 11.2. The normalized spacial score (nSPS) is 13.4. The number of hydrogen-bond acceptors (Lipinski definition) is 22. The number of nitrogens with one attached hydrogen (secondary N) is 6. The van der Waals surface area contributed by atoms with Crippen molar-refractivity contribution < 1.29 is 62.1 Å². The first-order chi connectivity index (χ1) is 28.9. The van der Waals surface area contributed by atoms with Crippen LogP contribution in [-0.2, 0) is 40.5 Å². The number of aromatic nitrogens is 6. The lowest BCUT2D eigenvalue weighted by Crippen LogP contribution is -2.19. The third kappa shape index (κ3) is 16.4. The molecule has 26 nitrogen and oxygen atoms in total. The zero-order chi connectivity index (χ0) is 45.9. The van der Waals surface area contributed by atoms with Crippen molar-refractivity contribution in [3.8, 4) is 0 Å². The van der Waals surface area contributed by atoms with Crippen LogP contribution in [0.25, 0.3) is 12.2 Å². The Kier molecular flexibility index (Phi) is 16.7. The first kappa shape index (κ1) is 49.2. The molecule has 0 aliphatic heterocycles. The van der Waals surface area contributed by atoms with Crippen LogP contribution in [0.15, 0.2) is 46.2 Å². The molecular weight excluding hydrogens is 905 g/mol. The van der Waals surface area contributed by atoms with Crippen LogP contribution in [0.1, 0.15) is 25.0 Å². The Morgan fingerprint density at radius 1 is 0.516 bits per heavy atom. The summed E-state index contributed by atoms with van der Waals surface area (Å²) in [5, 5.41) is 35.2. The molecule has 0 saturated heterocycles. The van der Waals surface area contributed by atoms with Crippen LogP contribution < -0.4 is 31.9 Å². The summed E-state index contributed by atoms with van der Waals surface area (Å²) >= 11 is 0. The van der Waals surface area contributed by atoms with Crippen molar-refractivity contribution >= 4 is 99.7 Å². The largest absolute Gasteiger partial charge is 0.396 e. The standard InChI is InChI=1S/C32H44N12O14S4/c1-19(17-45)15-35-29-39-27(33-9-11-59(47,48)49)41-31(43-29)37-23-7-5-21(25(13-23)61(53,54)55)3-4-22-6-8-24(14-26(22)62(56,57)58)38-32-42-28(34-10-12-60(50,51)52)40-30(44-32)36-16-20(2)18-46/h3-8,13-14,19-20,45-46H,9-12,15-18H2,1-2H3,(H,47,48,49)(H,50,51,52)(H,53,54,55)(H,56,57,58)(H3,33,35,37,39,41,43)(H3,34,36,38,40,42,44). The fraction of sp³-hybridized carbons (Fsp3) is 0.375. The van der Waals surface area contributed by atoms with Gasteiger partial charge >= 0.3 is 0 Å². The van der Waals surface area contributed by atoms with Gasteiger partial charge in [0.05, 0.1) is 11.5 Å². The summed E-state index contributed by atoms with van der Waals surface area (Å²) in [5.74, 6) is -2.53. The predicted molar refractivity (Wildman–Crippen MR) is 227 cm³/mol. The molecule has 340 valence electrons. The van der Waals surface area contributed by atoms with Crippen LogP contribution in [0, 0.1) is 11.8 Å². The highest BCUT2D eigenvalue weighted by molar-refractivity contribution is 7.86. The zero-order valence-corrected chi connectivity index (χ0v) is 36.0. The Morgan fingerprint density at radius 2 is 0.839 bits per heavy atom. The molecule has 2 heterocycles. The molecule has 0 amide bonds. The fourth-order valence-corrected chi connectivity index (χ4v) is 6.95. The maximum absolute atomic E-state index is 12.6. The molecule has 0 spiro atoms. The van der Waals surface area contributed by atoms with E-state index in [1.807, 2.05) is 0 Å². The summed E-state index contributed by atoms with van der Waals surface area (Å²) in [4.78, 5) is 23.6. The second kappa shape index (κ2) is 21.1. The van der Waals surface area contributed by atoms with Gasteiger partial charge in [-0.25, -0.2) is 0 Å². The molecule has 2 aromatic carbocycles. The van der Waals surface area contributed by atoms with Crippen LogP contribution in [0.5, 0.6) is 0 Å². The smallest absolute Gasteiger partial charge is 0.295 e. The van der Waals surface area contributed by atoms with Gasteiger partial charge in [0, 0.05) is 50.8 Å².